The minimum atomic E-state index is -0.574. The highest BCUT2D eigenvalue weighted by Gasteiger charge is 2.34. The van der Waals surface area contributed by atoms with Crippen molar-refractivity contribution in [2.75, 3.05) is 27.6 Å². The lowest BCUT2D eigenvalue weighted by molar-refractivity contribution is -0.147. The van der Waals surface area contributed by atoms with Gasteiger partial charge in [0.1, 0.15) is 6.79 Å². The molecule has 0 saturated carbocycles. The lowest BCUT2D eigenvalue weighted by atomic mass is 10.0. The first-order valence-corrected chi connectivity index (χ1v) is 6.56. The fraction of sp³-hybridized carbons (Fsp3) is 0.786. The van der Waals surface area contributed by atoms with Crippen LogP contribution in [0.15, 0.2) is 12.2 Å². The Labute approximate surface area is 120 Å². The van der Waals surface area contributed by atoms with E-state index in [1.807, 2.05) is 13.8 Å². The molecule has 1 saturated heterocycles. The van der Waals surface area contributed by atoms with Crippen LogP contribution in [-0.2, 0) is 28.5 Å². The molecule has 6 nitrogen and oxygen atoms in total. The van der Waals surface area contributed by atoms with E-state index in [0.717, 1.165) is 0 Å². The quantitative estimate of drug-likeness (QED) is 0.384. The van der Waals surface area contributed by atoms with Crippen LogP contribution in [0.2, 0.25) is 0 Å². The summed E-state index contributed by atoms with van der Waals surface area (Å²) in [5.74, 6) is -1.00. The van der Waals surface area contributed by atoms with Crippen molar-refractivity contribution in [2.45, 2.75) is 44.7 Å². The molecular formula is C14H24O6. The van der Waals surface area contributed by atoms with Gasteiger partial charge in [0.05, 0.1) is 25.9 Å². The highest BCUT2D eigenvalue weighted by molar-refractivity contribution is 5.87. The molecule has 0 unspecified atom stereocenters. The summed E-state index contributed by atoms with van der Waals surface area (Å²) in [6.07, 6.45) is 0.667. The van der Waals surface area contributed by atoms with Crippen molar-refractivity contribution in [1.29, 1.82) is 0 Å². The number of carbonyl (C=O) groups excluding carboxylic acids is 1. The van der Waals surface area contributed by atoms with Crippen molar-refractivity contribution < 1.29 is 28.5 Å². The summed E-state index contributed by atoms with van der Waals surface area (Å²) >= 11 is 0. The SMILES string of the molecule is C=C(C[C@@H](C[C@H]1COC(C)(C)O1)OCOC)C(=O)OC. The first kappa shape index (κ1) is 17.1. The van der Waals surface area contributed by atoms with Crippen molar-refractivity contribution >= 4 is 5.97 Å². The van der Waals surface area contributed by atoms with Crippen molar-refractivity contribution in [3.05, 3.63) is 12.2 Å². The monoisotopic (exact) mass is 288 g/mol. The lowest BCUT2D eigenvalue weighted by Gasteiger charge is -2.22. The number of carbonyl (C=O) groups is 1. The zero-order valence-electron chi connectivity index (χ0n) is 12.6. The van der Waals surface area contributed by atoms with Crippen LogP contribution in [0.4, 0.5) is 0 Å². The molecule has 2 atom stereocenters. The van der Waals surface area contributed by atoms with Crippen molar-refractivity contribution in [3.8, 4) is 0 Å². The van der Waals surface area contributed by atoms with Gasteiger partial charge in [-0.2, -0.15) is 0 Å². The van der Waals surface area contributed by atoms with Gasteiger partial charge in [-0.1, -0.05) is 6.58 Å². The maximum absolute atomic E-state index is 11.4. The van der Waals surface area contributed by atoms with E-state index < -0.39 is 11.8 Å². The first-order chi connectivity index (χ1) is 9.38. The lowest BCUT2D eigenvalue weighted by Crippen LogP contribution is -2.27. The third-order valence-corrected chi connectivity index (χ3v) is 2.96. The maximum atomic E-state index is 11.4. The molecule has 0 aliphatic carbocycles. The molecule has 6 heteroatoms. The van der Waals surface area contributed by atoms with Gasteiger partial charge in [0.25, 0.3) is 0 Å². The molecule has 1 rings (SSSR count). The summed E-state index contributed by atoms with van der Waals surface area (Å²) in [7, 11) is 2.87. The fourth-order valence-corrected chi connectivity index (χ4v) is 2.05. The second-order valence-electron chi connectivity index (χ2n) is 5.18. The minimum absolute atomic E-state index is 0.0719. The average Bonchev–Trinajstić information content (AvgIpc) is 2.74. The first-order valence-electron chi connectivity index (χ1n) is 6.56. The normalized spacial score (nSPS) is 22.5. The number of esters is 1. The molecule has 20 heavy (non-hydrogen) atoms. The third-order valence-electron chi connectivity index (χ3n) is 2.96. The standard InChI is InChI=1S/C14H24O6/c1-10(13(15)17-5)6-11(18-9-16-4)7-12-8-19-14(2,3)20-12/h11-12H,1,6-9H2,2-5H3/t11-,12-/m0/s1. The van der Waals surface area contributed by atoms with E-state index in [9.17, 15) is 4.79 Å². The van der Waals surface area contributed by atoms with E-state index in [0.29, 0.717) is 25.0 Å². The van der Waals surface area contributed by atoms with Gasteiger partial charge in [-0.15, -0.1) is 0 Å². The second kappa shape index (κ2) is 7.73. The van der Waals surface area contributed by atoms with Crippen molar-refractivity contribution in [3.63, 3.8) is 0 Å². The fourth-order valence-electron chi connectivity index (χ4n) is 2.05. The van der Waals surface area contributed by atoms with Crippen molar-refractivity contribution in [2.24, 2.45) is 0 Å². The largest absolute Gasteiger partial charge is 0.466 e. The molecule has 1 fully saturated rings. The Hall–Kier alpha value is -0.950. The van der Waals surface area contributed by atoms with Gasteiger partial charge in [0.15, 0.2) is 5.79 Å². The number of hydrogen-bond donors (Lipinski definition) is 0. The summed E-state index contributed by atoms with van der Waals surface area (Å²) in [5, 5.41) is 0. The summed E-state index contributed by atoms with van der Waals surface area (Å²) < 4.78 is 26.4. The zero-order valence-corrected chi connectivity index (χ0v) is 12.6. The van der Waals surface area contributed by atoms with Crippen LogP contribution in [0, 0.1) is 0 Å². The summed E-state index contributed by atoms with van der Waals surface area (Å²) in [6.45, 7) is 8.10. The van der Waals surface area contributed by atoms with E-state index in [4.69, 9.17) is 18.9 Å². The van der Waals surface area contributed by atoms with E-state index in [2.05, 4.69) is 11.3 Å². The highest BCUT2D eigenvalue weighted by Crippen LogP contribution is 2.26. The van der Waals surface area contributed by atoms with Gasteiger partial charge >= 0.3 is 5.97 Å². The van der Waals surface area contributed by atoms with Gasteiger partial charge in [-0.3, -0.25) is 0 Å². The molecule has 0 radical (unpaired) electrons. The predicted molar refractivity (Wildman–Crippen MR) is 72.0 cm³/mol. The molecule has 116 valence electrons. The van der Waals surface area contributed by atoms with E-state index in [1.165, 1.54) is 7.11 Å². The smallest absolute Gasteiger partial charge is 0.333 e. The van der Waals surface area contributed by atoms with Crippen LogP contribution in [0.3, 0.4) is 0 Å². The number of hydrogen-bond acceptors (Lipinski definition) is 6. The second-order valence-corrected chi connectivity index (χ2v) is 5.18. The van der Waals surface area contributed by atoms with Crippen molar-refractivity contribution in [1.82, 2.24) is 0 Å². The molecule has 0 spiro atoms. The number of methoxy groups -OCH3 is 2. The van der Waals surface area contributed by atoms with Gasteiger partial charge in [-0.25, -0.2) is 4.79 Å². The maximum Gasteiger partial charge on any atom is 0.333 e. The molecule has 1 heterocycles. The molecule has 1 aliphatic heterocycles. The number of rotatable bonds is 8. The van der Waals surface area contributed by atoms with Gasteiger partial charge in [-0.05, 0) is 13.8 Å². The van der Waals surface area contributed by atoms with E-state index >= 15 is 0 Å². The van der Waals surface area contributed by atoms with E-state index in [-0.39, 0.29) is 19.0 Å². The Morgan fingerprint density at radius 3 is 2.65 bits per heavy atom. The summed E-state index contributed by atoms with van der Waals surface area (Å²) in [5.41, 5.74) is 0.367. The molecule has 0 aromatic heterocycles. The van der Waals surface area contributed by atoms with Gasteiger partial charge in [0, 0.05) is 25.5 Å². The Bertz CT molecular complexity index is 339. The van der Waals surface area contributed by atoms with Crippen LogP contribution in [-0.4, -0.2) is 51.6 Å². The van der Waals surface area contributed by atoms with Crippen LogP contribution in [0.1, 0.15) is 26.7 Å². The Kier molecular flexibility index (Phi) is 6.61. The Morgan fingerprint density at radius 2 is 2.15 bits per heavy atom. The summed E-state index contributed by atoms with van der Waals surface area (Å²) in [6, 6.07) is 0. The average molecular weight is 288 g/mol. The Balaban J connectivity index is 2.51. The molecule has 0 N–H and O–H groups in total. The Morgan fingerprint density at radius 1 is 1.45 bits per heavy atom. The minimum Gasteiger partial charge on any atom is -0.466 e. The molecule has 0 aromatic carbocycles. The highest BCUT2D eigenvalue weighted by atomic mass is 16.7. The topological polar surface area (TPSA) is 63.2 Å². The predicted octanol–water partition coefficient (Wildman–Crippen LogP) is 1.64. The summed E-state index contributed by atoms with van der Waals surface area (Å²) in [4.78, 5) is 11.4. The van der Waals surface area contributed by atoms with Crippen LogP contribution >= 0.6 is 0 Å². The molecule has 0 amide bonds. The van der Waals surface area contributed by atoms with Crippen LogP contribution < -0.4 is 0 Å². The number of ether oxygens (including phenoxy) is 5. The van der Waals surface area contributed by atoms with Crippen LogP contribution in [0.5, 0.6) is 0 Å². The molecule has 0 bridgehead atoms. The molecular weight excluding hydrogens is 264 g/mol. The van der Waals surface area contributed by atoms with Gasteiger partial charge in [0.2, 0.25) is 0 Å². The third kappa shape index (κ3) is 5.58. The molecule has 0 aromatic rings. The van der Waals surface area contributed by atoms with E-state index in [1.54, 1.807) is 7.11 Å². The van der Waals surface area contributed by atoms with Gasteiger partial charge < -0.3 is 23.7 Å². The molecule has 1 aliphatic rings. The van der Waals surface area contributed by atoms with Crippen LogP contribution in [0.25, 0.3) is 0 Å². The zero-order chi connectivity index (χ0) is 15.2.